The van der Waals surface area contributed by atoms with Crippen LogP contribution in [-0.2, 0) is 23.1 Å². The van der Waals surface area contributed by atoms with Crippen molar-refractivity contribution in [3.63, 3.8) is 0 Å². The Balaban J connectivity index is 1.91. The van der Waals surface area contributed by atoms with Gasteiger partial charge in [-0.25, -0.2) is 8.42 Å². The molecule has 2 aromatic heterocycles. The van der Waals surface area contributed by atoms with Gasteiger partial charge < -0.3 is 4.42 Å². The van der Waals surface area contributed by atoms with E-state index in [0.717, 1.165) is 5.56 Å². The predicted octanol–water partition coefficient (Wildman–Crippen LogP) is 4.27. The molecule has 0 aliphatic rings. The molecule has 0 atom stereocenters. The van der Waals surface area contributed by atoms with Gasteiger partial charge in [0.05, 0.1) is 40.8 Å². The van der Waals surface area contributed by atoms with Crippen molar-refractivity contribution in [1.82, 2.24) is 14.1 Å². The van der Waals surface area contributed by atoms with Crippen LogP contribution < -0.4 is 0 Å². The van der Waals surface area contributed by atoms with E-state index in [9.17, 15) is 8.42 Å². The molecule has 0 radical (unpaired) electrons. The minimum atomic E-state index is -3.72. The van der Waals surface area contributed by atoms with Gasteiger partial charge in [-0.05, 0) is 43.7 Å². The average Bonchev–Trinajstić information content (AvgIpc) is 3.19. The lowest BCUT2D eigenvalue weighted by molar-refractivity contribution is 0.406. The molecule has 1 aromatic carbocycles. The summed E-state index contributed by atoms with van der Waals surface area (Å²) >= 11 is 12.0. The van der Waals surface area contributed by atoms with Crippen LogP contribution in [-0.4, -0.2) is 29.6 Å². The van der Waals surface area contributed by atoms with Gasteiger partial charge in [0.1, 0.15) is 10.7 Å². The first-order valence-electron chi connectivity index (χ1n) is 8.17. The lowest BCUT2D eigenvalue weighted by atomic mass is 10.2. The van der Waals surface area contributed by atoms with Crippen molar-refractivity contribution in [2.24, 2.45) is 0 Å². The average molecular weight is 428 g/mol. The standard InChI is InChI=1S/C18H19Cl2N3O3S/c1-12-18(27(24,25)22(3)11-15-5-4-8-26-15)13(2)23(21-12)10-14-6-7-16(19)17(20)9-14/h4-9H,10-11H2,1-3H3. The van der Waals surface area contributed by atoms with Gasteiger partial charge in [-0.3, -0.25) is 4.68 Å². The summed E-state index contributed by atoms with van der Waals surface area (Å²) in [6.07, 6.45) is 1.52. The van der Waals surface area contributed by atoms with Crippen LogP contribution in [0.25, 0.3) is 0 Å². The summed E-state index contributed by atoms with van der Waals surface area (Å²) in [4.78, 5) is 0.205. The third kappa shape index (κ3) is 4.06. The summed E-state index contributed by atoms with van der Waals surface area (Å²) in [6, 6.07) is 8.75. The highest BCUT2D eigenvalue weighted by Gasteiger charge is 2.29. The first-order valence-corrected chi connectivity index (χ1v) is 10.4. The number of nitrogens with zero attached hydrogens (tertiary/aromatic N) is 3. The van der Waals surface area contributed by atoms with E-state index in [-0.39, 0.29) is 11.4 Å². The summed E-state index contributed by atoms with van der Waals surface area (Å²) in [7, 11) is -2.20. The van der Waals surface area contributed by atoms with Crippen molar-refractivity contribution in [3.8, 4) is 0 Å². The quantitative estimate of drug-likeness (QED) is 0.588. The van der Waals surface area contributed by atoms with E-state index in [1.54, 1.807) is 42.8 Å². The van der Waals surface area contributed by atoms with Crippen LogP contribution in [0.15, 0.2) is 45.9 Å². The number of hydrogen-bond donors (Lipinski definition) is 0. The predicted molar refractivity (Wildman–Crippen MR) is 105 cm³/mol. The van der Waals surface area contributed by atoms with Gasteiger partial charge in [0.2, 0.25) is 10.0 Å². The number of aryl methyl sites for hydroxylation is 1. The second kappa shape index (κ2) is 7.67. The molecular weight excluding hydrogens is 409 g/mol. The number of halogens is 2. The molecule has 2 heterocycles. The zero-order valence-corrected chi connectivity index (χ0v) is 17.4. The molecule has 0 saturated heterocycles. The fraction of sp³-hybridized carbons (Fsp3) is 0.278. The molecule has 3 rings (SSSR count). The van der Waals surface area contributed by atoms with Crippen LogP contribution in [0.1, 0.15) is 22.7 Å². The molecule has 0 fully saturated rings. The van der Waals surface area contributed by atoms with Gasteiger partial charge in [0, 0.05) is 7.05 Å². The summed E-state index contributed by atoms with van der Waals surface area (Å²) in [5, 5.41) is 5.33. The maximum Gasteiger partial charge on any atom is 0.246 e. The number of benzene rings is 1. The minimum Gasteiger partial charge on any atom is -0.468 e. The lowest BCUT2D eigenvalue weighted by Gasteiger charge is -2.16. The third-order valence-electron chi connectivity index (χ3n) is 4.26. The highest BCUT2D eigenvalue weighted by molar-refractivity contribution is 7.89. The SMILES string of the molecule is Cc1nn(Cc2ccc(Cl)c(Cl)c2)c(C)c1S(=O)(=O)N(C)Cc1ccco1. The number of aromatic nitrogens is 2. The molecule has 0 N–H and O–H groups in total. The van der Waals surface area contributed by atoms with Gasteiger partial charge in [0.15, 0.2) is 0 Å². The topological polar surface area (TPSA) is 68.3 Å². The summed E-state index contributed by atoms with van der Waals surface area (Å²) in [5.41, 5.74) is 1.88. The molecule has 0 bridgehead atoms. The van der Waals surface area contributed by atoms with Crippen LogP contribution in [0.3, 0.4) is 0 Å². The van der Waals surface area contributed by atoms with Crippen molar-refractivity contribution in [2.45, 2.75) is 31.8 Å². The molecule has 0 unspecified atom stereocenters. The maximum atomic E-state index is 13.1. The maximum absolute atomic E-state index is 13.1. The van der Waals surface area contributed by atoms with Crippen LogP contribution in [0.2, 0.25) is 10.0 Å². The zero-order chi connectivity index (χ0) is 19.8. The molecule has 3 aromatic rings. The molecule has 0 amide bonds. The van der Waals surface area contributed by atoms with E-state index >= 15 is 0 Å². The highest BCUT2D eigenvalue weighted by Crippen LogP contribution is 2.26. The molecule has 27 heavy (non-hydrogen) atoms. The van der Waals surface area contributed by atoms with Crippen molar-refractivity contribution in [1.29, 1.82) is 0 Å². The number of furan rings is 1. The van der Waals surface area contributed by atoms with Crippen molar-refractivity contribution >= 4 is 33.2 Å². The van der Waals surface area contributed by atoms with Gasteiger partial charge in [-0.15, -0.1) is 0 Å². The van der Waals surface area contributed by atoms with Crippen LogP contribution >= 0.6 is 23.2 Å². The van der Waals surface area contributed by atoms with E-state index in [1.807, 2.05) is 6.07 Å². The second-order valence-electron chi connectivity index (χ2n) is 6.25. The third-order valence-corrected chi connectivity index (χ3v) is 7.05. The molecular formula is C18H19Cl2N3O3S. The lowest BCUT2D eigenvalue weighted by Crippen LogP contribution is -2.27. The Morgan fingerprint density at radius 2 is 1.93 bits per heavy atom. The van der Waals surface area contributed by atoms with Crippen molar-refractivity contribution in [3.05, 3.63) is 69.4 Å². The molecule has 0 saturated carbocycles. The van der Waals surface area contributed by atoms with E-state index in [4.69, 9.17) is 27.6 Å². The van der Waals surface area contributed by atoms with Gasteiger partial charge in [-0.1, -0.05) is 29.3 Å². The fourth-order valence-electron chi connectivity index (χ4n) is 2.88. The molecule has 0 aliphatic heterocycles. The Kier molecular flexibility index (Phi) is 5.67. The molecule has 0 aliphatic carbocycles. The van der Waals surface area contributed by atoms with E-state index in [0.29, 0.717) is 33.7 Å². The highest BCUT2D eigenvalue weighted by atomic mass is 35.5. The Labute approximate surface area is 168 Å². The summed E-state index contributed by atoms with van der Waals surface area (Å²) in [5.74, 6) is 0.569. The van der Waals surface area contributed by atoms with Crippen LogP contribution in [0, 0.1) is 13.8 Å². The molecule has 0 spiro atoms. The summed E-state index contributed by atoms with van der Waals surface area (Å²) < 4.78 is 34.3. The number of sulfonamides is 1. The molecule has 144 valence electrons. The van der Waals surface area contributed by atoms with E-state index in [2.05, 4.69) is 5.10 Å². The van der Waals surface area contributed by atoms with Crippen molar-refractivity contribution in [2.75, 3.05) is 7.05 Å². The van der Waals surface area contributed by atoms with E-state index in [1.165, 1.54) is 17.6 Å². The number of hydrogen-bond acceptors (Lipinski definition) is 4. The second-order valence-corrected chi connectivity index (χ2v) is 9.04. The van der Waals surface area contributed by atoms with E-state index < -0.39 is 10.0 Å². The Morgan fingerprint density at radius 1 is 1.19 bits per heavy atom. The normalized spacial score (nSPS) is 12.1. The first-order chi connectivity index (χ1) is 12.7. The van der Waals surface area contributed by atoms with Crippen LogP contribution in [0.4, 0.5) is 0 Å². The molecule has 9 heteroatoms. The number of rotatable bonds is 6. The largest absolute Gasteiger partial charge is 0.468 e. The fourth-order valence-corrected chi connectivity index (χ4v) is 4.70. The first kappa shape index (κ1) is 19.9. The summed E-state index contributed by atoms with van der Waals surface area (Å²) in [6.45, 7) is 3.96. The smallest absolute Gasteiger partial charge is 0.246 e. The molecule has 6 nitrogen and oxygen atoms in total. The van der Waals surface area contributed by atoms with Gasteiger partial charge in [0.25, 0.3) is 0 Å². The Morgan fingerprint density at radius 3 is 2.56 bits per heavy atom. The Bertz CT molecular complexity index is 1060. The zero-order valence-electron chi connectivity index (χ0n) is 15.1. The van der Waals surface area contributed by atoms with Gasteiger partial charge in [-0.2, -0.15) is 9.40 Å². The van der Waals surface area contributed by atoms with Gasteiger partial charge >= 0.3 is 0 Å². The van der Waals surface area contributed by atoms with Crippen LogP contribution in [0.5, 0.6) is 0 Å². The van der Waals surface area contributed by atoms with Crippen molar-refractivity contribution < 1.29 is 12.8 Å². The minimum absolute atomic E-state index is 0.145. The monoisotopic (exact) mass is 427 g/mol. The Hall–Kier alpha value is -1.80.